The Hall–Kier alpha value is -6.91. The second-order valence-corrected chi connectivity index (χ2v) is 13.3. The van der Waals surface area contributed by atoms with Gasteiger partial charge in [0.15, 0.2) is 0 Å². The number of hydrogen-bond donors (Lipinski definition) is 0. The van der Waals surface area contributed by atoms with Crippen molar-refractivity contribution >= 4 is 65.4 Å². The maximum Gasteiger partial charge on any atom is 0.0724 e. The van der Waals surface area contributed by atoms with E-state index in [1.165, 1.54) is 65.5 Å². The van der Waals surface area contributed by atoms with Gasteiger partial charge in [-0.25, -0.2) is 0 Å². The van der Waals surface area contributed by atoms with Gasteiger partial charge in [0.1, 0.15) is 0 Å². The average molecular weight is 651 g/mol. The summed E-state index contributed by atoms with van der Waals surface area (Å²) in [6.07, 6.45) is 3.87. The molecule has 0 spiro atoms. The monoisotopic (exact) mass is 650 g/mol. The molecule has 4 heterocycles. The molecule has 238 valence electrons. The van der Waals surface area contributed by atoms with Crippen molar-refractivity contribution in [1.29, 1.82) is 0 Å². The normalized spacial score (nSPS) is 11.9. The fourth-order valence-corrected chi connectivity index (χ4v) is 8.29. The van der Waals surface area contributed by atoms with Crippen LogP contribution in [0.4, 0.5) is 0 Å². The predicted octanol–water partition coefficient (Wildman–Crippen LogP) is 12.0. The van der Waals surface area contributed by atoms with Crippen LogP contribution in [-0.4, -0.2) is 18.7 Å². The van der Waals surface area contributed by atoms with E-state index in [0.29, 0.717) is 0 Å². The zero-order chi connectivity index (χ0) is 33.5. The molecule has 0 unspecified atom stereocenters. The Morgan fingerprint density at radius 2 is 0.804 bits per heavy atom. The van der Waals surface area contributed by atoms with Crippen LogP contribution in [0.2, 0.25) is 0 Å². The molecule has 51 heavy (non-hydrogen) atoms. The number of nitrogens with zero attached hydrogens (tertiary/aromatic N) is 4. The van der Waals surface area contributed by atoms with Crippen LogP contribution in [0.5, 0.6) is 0 Å². The Kier molecular flexibility index (Phi) is 5.92. The van der Waals surface area contributed by atoms with Crippen LogP contribution in [0, 0.1) is 0 Å². The molecule has 0 saturated carbocycles. The van der Waals surface area contributed by atoms with Gasteiger partial charge in [-0.05, 0) is 83.9 Å². The summed E-state index contributed by atoms with van der Waals surface area (Å²) in [5.41, 5.74) is 12.9. The molecule has 0 N–H and O–H groups in total. The second-order valence-electron chi connectivity index (χ2n) is 13.3. The number of aromatic nitrogens is 4. The number of para-hydroxylation sites is 3. The number of benzene rings is 7. The molecule has 0 amide bonds. The van der Waals surface area contributed by atoms with Crippen LogP contribution in [0.15, 0.2) is 182 Å². The van der Waals surface area contributed by atoms with E-state index in [9.17, 15) is 0 Å². The molecule has 0 fully saturated rings. The van der Waals surface area contributed by atoms with E-state index in [2.05, 4.69) is 189 Å². The third kappa shape index (κ3) is 4.11. The highest BCUT2D eigenvalue weighted by molar-refractivity contribution is 6.19. The molecule has 0 aliphatic rings. The minimum Gasteiger partial charge on any atom is -0.309 e. The number of fused-ring (bicyclic) bond motifs is 9. The molecule has 0 aliphatic carbocycles. The third-order valence-electron chi connectivity index (χ3n) is 10.5. The fraction of sp³-hybridized carbons (Fsp3) is 0. The van der Waals surface area contributed by atoms with Crippen molar-refractivity contribution in [2.75, 3.05) is 0 Å². The standard InChI is InChI=1S/C47H30N4/c1-3-12-31(13-4-1)32-14-11-17-34(26-32)50-42-20-9-7-18-36(42)40-29-46-41(28-45(40)50)37-19-8-10-21-43(37)51(46)35-22-23-44-39(27-35)38-24-25-48-30-47(38)49(44)33-15-5-2-6-16-33/h1-30H. The summed E-state index contributed by atoms with van der Waals surface area (Å²) in [6.45, 7) is 0. The topological polar surface area (TPSA) is 27.7 Å². The maximum absolute atomic E-state index is 4.52. The van der Waals surface area contributed by atoms with Gasteiger partial charge in [-0.15, -0.1) is 0 Å². The van der Waals surface area contributed by atoms with E-state index in [0.717, 1.165) is 28.1 Å². The Bertz CT molecular complexity index is 3130. The molecule has 0 saturated heterocycles. The quantitative estimate of drug-likeness (QED) is 0.186. The van der Waals surface area contributed by atoms with Gasteiger partial charge in [0.05, 0.1) is 39.3 Å². The maximum atomic E-state index is 4.52. The van der Waals surface area contributed by atoms with Crippen molar-refractivity contribution in [3.8, 4) is 28.2 Å². The minimum atomic E-state index is 1.10. The van der Waals surface area contributed by atoms with Gasteiger partial charge in [-0.3, -0.25) is 4.98 Å². The molecule has 7 aromatic carbocycles. The van der Waals surface area contributed by atoms with Crippen LogP contribution in [0.1, 0.15) is 0 Å². The molecule has 0 atom stereocenters. The fourth-order valence-electron chi connectivity index (χ4n) is 8.29. The highest BCUT2D eigenvalue weighted by Gasteiger charge is 2.20. The molecule has 4 heteroatoms. The van der Waals surface area contributed by atoms with Crippen molar-refractivity contribution in [3.05, 3.63) is 182 Å². The van der Waals surface area contributed by atoms with Gasteiger partial charge in [-0.1, -0.05) is 97.1 Å². The van der Waals surface area contributed by atoms with Gasteiger partial charge in [0.2, 0.25) is 0 Å². The molecule has 11 aromatic rings. The lowest BCUT2D eigenvalue weighted by molar-refractivity contribution is 1.16. The summed E-state index contributed by atoms with van der Waals surface area (Å²) in [5.74, 6) is 0. The van der Waals surface area contributed by atoms with Crippen molar-refractivity contribution in [1.82, 2.24) is 18.7 Å². The van der Waals surface area contributed by atoms with Gasteiger partial charge in [-0.2, -0.15) is 0 Å². The first-order valence-electron chi connectivity index (χ1n) is 17.4. The van der Waals surface area contributed by atoms with Crippen molar-refractivity contribution in [2.24, 2.45) is 0 Å². The van der Waals surface area contributed by atoms with E-state index in [1.54, 1.807) is 0 Å². The number of rotatable bonds is 4. The minimum absolute atomic E-state index is 1.10. The van der Waals surface area contributed by atoms with Gasteiger partial charge in [0.25, 0.3) is 0 Å². The highest BCUT2D eigenvalue weighted by atomic mass is 15.0. The Balaban J connectivity index is 1.19. The van der Waals surface area contributed by atoms with Crippen molar-refractivity contribution < 1.29 is 0 Å². The summed E-state index contributed by atoms with van der Waals surface area (Å²) in [4.78, 5) is 4.52. The van der Waals surface area contributed by atoms with Crippen LogP contribution < -0.4 is 0 Å². The van der Waals surface area contributed by atoms with E-state index in [1.807, 2.05) is 12.4 Å². The molecular formula is C47H30N4. The molecule has 0 bridgehead atoms. The lowest BCUT2D eigenvalue weighted by Gasteiger charge is -2.11. The van der Waals surface area contributed by atoms with E-state index in [4.69, 9.17) is 0 Å². The summed E-state index contributed by atoms with van der Waals surface area (Å²) < 4.78 is 7.19. The summed E-state index contributed by atoms with van der Waals surface area (Å²) in [5, 5.41) is 7.34. The lowest BCUT2D eigenvalue weighted by Crippen LogP contribution is -1.96. The molecule has 4 aromatic heterocycles. The second kappa shape index (κ2) is 10.8. The number of hydrogen-bond acceptors (Lipinski definition) is 1. The van der Waals surface area contributed by atoms with Crippen LogP contribution in [-0.2, 0) is 0 Å². The van der Waals surface area contributed by atoms with E-state index in [-0.39, 0.29) is 0 Å². The Morgan fingerprint density at radius 3 is 1.51 bits per heavy atom. The van der Waals surface area contributed by atoms with Crippen LogP contribution >= 0.6 is 0 Å². The first-order chi connectivity index (χ1) is 25.3. The summed E-state index contributed by atoms with van der Waals surface area (Å²) in [7, 11) is 0. The molecule has 0 aliphatic heterocycles. The lowest BCUT2D eigenvalue weighted by atomic mass is 10.1. The van der Waals surface area contributed by atoms with Gasteiger partial charge in [0, 0.05) is 55.6 Å². The Morgan fingerprint density at radius 1 is 0.294 bits per heavy atom. The van der Waals surface area contributed by atoms with Crippen LogP contribution in [0.25, 0.3) is 93.6 Å². The molecule has 11 rings (SSSR count). The summed E-state index contributed by atoms with van der Waals surface area (Å²) in [6, 6.07) is 61.5. The first kappa shape index (κ1) is 28.0. The zero-order valence-electron chi connectivity index (χ0n) is 27.6. The smallest absolute Gasteiger partial charge is 0.0724 e. The third-order valence-corrected chi connectivity index (χ3v) is 10.5. The van der Waals surface area contributed by atoms with Gasteiger partial charge >= 0.3 is 0 Å². The largest absolute Gasteiger partial charge is 0.309 e. The zero-order valence-corrected chi connectivity index (χ0v) is 27.6. The number of pyridine rings is 1. The van der Waals surface area contributed by atoms with E-state index < -0.39 is 0 Å². The van der Waals surface area contributed by atoms with E-state index >= 15 is 0 Å². The van der Waals surface area contributed by atoms with Crippen LogP contribution in [0.3, 0.4) is 0 Å². The van der Waals surface area contributed by atoms with Gasteiger partial charge < -0.3 is 13.7 Å². The van der Waals surface area contributed by atoms with Crippen molar-refractivity contribution in [3.63, 3.8) is 0 Å². The molecule has 0 radical (unpaired) electrons. The highest BCUT2D eigenvalue weighted by Crippen LogP contribution is 2.41. The summed E-state index contributed by atoms with van der Waals surface area (Å²) >= 11 is 0. The SMILES string of the molecule is c1ccc(-c2cccc(-n3c4ccccc4c4cc5c(cc43)c3ccccc3n5-c3ccc4c(c3)c3ccncc3n4-c3ccccc3)c2)cc1. The molecular weight excluding hydrogens is 621 g/mol. The van der Waals surface area contributed by atoms with Crippen molar-refractivity contribution in [2.45, 2.75) is 0 Å². The Labute approximate surface area is 293 Å². The molecule has 4 nitrogen and oxygen atoms in total. The average Bonchev–Trinajstić information content (AvgIpc) is 3.83. The first-order valence-corrected chi connectivity index (χ1v) is 17.4. The predicted molar refractivity (Wildman–Crippen MR) is 213 cm³/mol.